The molecule has 8 nitrogen and oxygen atoms in total. The first-order valence-electron chi connectivity index (χ1n) is 10.6. The number of aromatic hydroxyl groups is 1. The Morgan fingerprint density at radius 2 is 1.81 bits per heavy atom. The summed E-state index contributed by atoms with van der Waals surface area (Å²) in [4.78, 5) is 22.9. The Morgan fingerprint density at radius 3 is 2.56 bits per heavy atom. The summed E-state index contributed by atoms with van der Waals surface area (Å²) in [5.41, 5.74) is 2.99. The lowest BCUT2D eigenvalue weighted by atomic mass is 9.98. The number of nitrogens with zero attached hydrogens (tertiary/aromatic N) is 6. The molecule has 0 saturated carbocycles. The number of phenolic OH excluding ortho intramolecular Hbond substituents is 1. The van der Waals surface area contributed by atoms with Gasteiger partial charge in [0, 0.05) is 37.5 Å². The van der Waals surface area contributed by atoms with Crippen LogP contribution in [0.25, 0.3) is 16.6 Å². The van der Waals surface area contributed by atoms with Crippen molar-refractivity contribution < 1.29 is 9.90 Å². The summed E-state index contributed by atoms with van der Waals surface area (Å²) >= 11 is 0. The highest BCUT2D eigenvalue weighted by Crippen LogP contribution is 2.25. The van der Waals surface area contributed by atoms with Gasteiger partial charge in [-0.2, -0.15) is 15.0 Å². The lowest BCUT2D eigenvalue weighted by molar-refractivity contribution is 0.0423. The van der Waals surface area contributed by atoms with Crippen LogP contribution in [0, 0.1) is 5.92 Å². The zero-order chi connectivity index (χ0) is 22.1. The molecular weight excluding hydrogens is 404 g/mol. The number of rotatable bonds is 6. The van der Waals surface area contributed by atoms with Gasteiger partial charge < -0.3 is 14.9 Å². The molecule has 0 radical (unpaired) electrons. The average Bonchev–Trinajstić information content (AvgIpc) is 3.31. The van der Waals surface area contributed by atoms with E-state index in [4.69, 9.17) is 0 Å². The number of carbonyl (C=O) groups excluding carboxylic acids is 1. The van der Waals surface area contributed by atoms with Gasteiger partial charge in [-0.15, -0.1) is 0 Å². The maximum absolute atomic E-state index is 12.8. The molecule has 162 valence electrons. The summed E-state index contributed by atoms with van der Waals surface area (Å²) in [6.07, 6.45) is 3.32. The van der Waals surface area contributed by atoms with E-state index in [0.717, 1.165) is 24.2 Å². The van der Waals surface area contributed by atoms with Crippen molar-refractivity contribution in [1.29, 1.82) is 0 Å². The second-order valence-electron chi connectivity index (χ2n) is 8.30. The Balaban J connectivity index is 1.14. The van der Waals surface area contributed by atoms with Crippen molar-refractivity contribution in [2.75, 3.05) is 26.7 Å². The maximum Gasteiger partial charge on any atom is 0.272 e. The highest BCUT2D eigenvalue weighted by atomic mass is 16.3. The van der Waals surface area contributed by atoms with Crippen LogP contribution in [0.4, 0.5) is 0 Å². The second kappa shape index (κ2) is 8.39. The first-order valence-corrected chi connectivity index (χ1v) is 10.6. The highest BCUT2D eigenvalue weighted by molar-refractivity contribution is 5.96. The van der Waals surface area contributed by atoms with Crippen LogP contribution in [0.3, 0.4) is 0 Å². The molecule has 1 saturated heterocycles. The van der Waals surface area contributed by atoms with E-state index in [1.165, 1.54) is 5.56 Å². The summed E-state index contributed by atoms with van der Waals surface area (Å²) in [5, 5.41) is 19.1. The number of likely N-dealkylation sites (tertiary alicyclic amines) is 1. The quantitative estimate of drug-likeness (QED) is 0.508. The van der Waals surface area contributed by atoms with Gasteiger partial charge in [-0.25, -0.2) is 4.98 Å². The van der Waals surface area contributed by atoms with Crippen LogP contribution in [-0.2, 0) is 6.54 Å². The van der Waals surface area contributed by atoms with Crippen LogP contribution >= 0.6 is 0 Å². The lowest BCUT2D eigenvalue weighted by Crippen LogP contribution is -2.53. The third-order valence-corrected chi connectivity index (χ3v) is 5.77. The highest BCUT2D eigenvalue weighted by Gasteiger charge is 2.32. The SMILES string of the molecule is CN(Cc1ccc(-n2nccn2)cc1)CC1CN(C(=O)c2ccc3cccc(O)c3n2)C1. The van der Waals surface area contributed by atoms with E-state index in [9.17, 15) is 9.90 Å². The minimum atomic E-state index is -0.0862. The van der Waals surface area contributed by atoms with Crippen LogP contribution in [0.15, 0.2) is 67.0 Å². The lowest BCUT2D eigenvalue weighted by Gasteiger charge is -2.40. The molecule has 1 fully saturated rings. The van der Waals surface area contributed by atoms with E-state index in [0.29, 0.717) is 30.2 Å². The van der Waals surface area contributed by atoms with E-state index in [1.54, 1.807) is 35.4 Å². The summed E-state index contributed by atoms with van der Waals surface area (Å²) in [6, 6.07) is 17.0. The van der Waals surface area contributed by atoms with Gasteiger partial charge in [0.2, 0.25) is 0 Å². The number of aromatic nitrogens is 4. The molecule has 4 aromatic rings. The molecule has 0 aliphatic carbocycles. The van der Waals surface area contributed by atoms with E-state index in [1.807, 2.05) is 29.2 Å². The summed E-state index contributed by atoms with van der Waals surface area (Å²) in [7, 11) is 2.10. The Kier molecular flexibility index (Phi) is 5.28. The Morgan fingerprint density at radius 1 is 1.06 bits per heavy atom. The molecule has 32 heavy (non-hydrogen) atoms. The molecule has 0 atom stereocenters. The number of amides is 1. The summed E-state index contributed by atoms with van der Waals surface area (Å²) in [6.45, 7) is 3.18. The van der Waals surface area contributed by atoms with Crippen LogP contribution in [-0.4, -0.2) is 67.5 Å². The standard InChI is InChI=1S/C24H24N6O2/c1-28(13-17-5-8-20(9-6-17)30-25-11-12-26-30)14-18-15-29(16-18)24(32)21-10-7-19-3-2-4-22(31)23(19)27-21/h2-12,18,31H,13-16H2,1H3. The van der Waals surface area contributed by atoms with Gasteiger partial charge in [-0.3, -0.25) is 4.79 Å². The zero-order valence-corrected chi connectivity index (χ0v) is 17.8. The van der Waals surface area contributed by atoms with Crippen molar-refractivity contribution in [3.63, 3.8) is 0 Å². The molecule has 1 amide bonds. The molecule has 1 N–H and O–H groups in total. The Hall–Kier alpha value is -3.78. The molecule has 3 heterocycles. The predicted molar refractivity (Wildman–Crippen MR) is 120 cm³/mol. The van der Waals surface area contributed by atoms with E-state index in [-0.39, 0.29) is 11.7 Å². The van der Waals surface area contributed by atoms with Gasteiger partial charge >= 0.3 is 0 Å². The van der Waals surface area contributed by atoms with Crippen LogP contribution in [0.2, 0.25) is 0 Å². The monoisotopic (exact) mass is 428 g/mol. The second-order valence-corrected chi connectivity index (χ2v) is 8.30. The Labute approximate surface area is 185 Å². The molecule has 8 heteroatoms. The van der Waals surface area contributed by atoms with Crippen LogP contribution < -0.4 is 0 Å². The molecule has 0 spiro atoms. The number of para-hydroxylation sites is 1. The first kappa shape index (κ1) is 20.1. The van der Waals surface area contributed by atoms with Crippen molar-refractivity contribution in [3.8, 4) is 11.4 Å². The number of phenols is 1. The summed E-state index contributed by atoms with van der Waals surface area (Å²) < 4.78 is 0. The van der Waals surface area contributed by atoms with Gasteiger partial charge in [-0.1, -0.05) is 30.3 Å². The largest absolute Gasteiger partial charge is 0.506 e. The average molecular weight is 428 g/mol. The van der Waals surface area contributed by atoms with Gasteiger partial charge in [0.1, 0.15) is 17.0 Å². The molecule has 1 aliphatic rings. The van der Waals surface area contributed by atoms with Crippen molar-refractivity contribution >= 4 is 16.8 Å². The number of pyridine rings is 1. The minimum Gasteiger partial charge on any atom is -0.506 e. The smallest absolute Gasteiger partial charge is 0.272 e. The van der Waals surface area contributed by atoms with Crippen molar-refractivity contribution in [3.05, 3.63) is 78.2 Å². The number of hydrogen-bond donors (Lipinski definition) is 1. The fraction of sp³-hybridized carbons (Fsp3) is 0.250. The topological polar surface area (TPSA) is 87.4 Å². The fourth-order valence-corrected chi connectivity index (χ4v) is 4.16. The number of carbonyl (C=O) groups is 1. The predicted octanol–water partition coefficient (Wildman–Crippen LogP) is 2.73. The molecule has 1 aliphatic heterocycles. The van der Waals surface area contributed by atoms with Gasteiger partial charge in [0.25, 0.3) is 5.91 Å². The molecule has 0 unspecified atom stereocenters. The summed E-state index contributed by atoms with van der Waals surface area (Å²) in [5.74, 6) is 0.441. The van der Waals surface area contributed by atoms with Gasteiger partial charge in [-0.05, 0) is 36.9 Å². The Bertz CT molecular complexity index is 1230. The van der Waals surface area contributed by atoms with Crippen molar-refractivity contribution in [1.82, 2.24) is 29.8 Å². The number of fused-ring (bicyclic) bond motifs is 1. The molecule has 2 aromatic carbocycles. The van der Waals surface area contributed by atoms with E-state index >= 15 is 0 Å². The molecule has 2 aromatic heterocycles. The zero-order valence-electron chi connectivity index (χ0n) is 17.8. The number of hydrogen-bond acceptors (Lipinski definition) is 6. The molecule has 5 rings (SSSR count). The van der Waals surface area contributed by atoms with Crippen molar-refractivity contribution in [2.45, 2.75) is 6.54 Å². The van der Waals surface area contributed by atoms with E-state index < -0.39 is 0 Å². The molecule has 0 bridgehead atoms. The van der Waals surface area contributed by atoms with E-state index in [2.05, 4.69) is 39.3 Å². The third-order valence-electron chi connectivity index (χ3n) is 5.77. The van der Waals surface area contributed by atoms with Gasteiger partial charge in [0.05, 0.1) is 18.1 Å². The van der Waals surface area contributed by atoms with Crippen LogP contribution in [0.1, 0.15) is 16.1 Å². The van der Waals surface area contributed by atoms with Crippen LogP contribution in [0.5, 0.6) is 5.75 Å². The third kappa shape index (κ3) is 4.04. The molecular formula is C24H24N6O2. The normalized spacial score (nSPS) is 14.1. The fourth-order valence-electron chi connectivity index (χ4n) is 4.16. The number of benzene rings is 2. The van der Waals surface area contributed by atoms with Gasteiger partial charge in [0.15, 0.2) is 0 Å². The first-order chi connectivity index (χ1) is 15.6. The maximum atomic E-state index is 12.8. The minimum absolute atomic E-state index is 0.0862. The van der Waals surface area contributed by atoms with Crippen molar-refractivity contribution in [2.24, 2.45) is 5.92 Å².